The number of halogens is 1. The van der Waals surface area contributed by atoms with Crippen LogP contribution < -0.4 is 9.47 Å². The smallest absolute Gasteiger partial charge is 0.161 e. The first-order chi connectivity index (χ1) is 8.60. The summed E-state index contributed by atoms with van der Waals surface area (Å²) in [4.78, 5) is 0.160. The van der Waals surface area contributed by atoms with E-state index in [1.165, 1.54) is 0 Å². The highest BCUT2D eigenvalue weighted by molar-refractivity contribution is 9.09. The summed E-state index contributed by atoms with van der Waals surface area (Å²) >= 11 is 3.76. The monoisotopic (exact) mass is 314 g/mol. The van der Waals surface area contributed by atoms with Crippen molar-refractivity contribution in [3.8, 4) is 11.5 Å². The number of hydrogen-bond donors (Lipinski definition) is 0. The minimum absolute atomic E-state index is 0.139. The zero-order chi connectivity index (χ0) is 13.2. The predicted octanol–water partition coefficient (Wildman–Crippen LogP) is 3.71. The molecule has 1 heterocycles. The van der Waals surface area contributed by atoms with Gasteiger partial charge in [0.2, 0.25) is 0 Å². The fourth-order valence-electron chi connectivity index (χ4n) is 2.36. The Morgan fingerprint density at radius 3 is 2.56 bits per heavy atom. The highest BCUT2D eigenvalue weighted by atomic mass is 79.9. The molecule has 0 N–H and O–H groups in total. The molecule has 1 saturated heterocycles. The van der Waals surface area contributed by atoms with Gasteiger partial charge in [-0.2, -0.15) is 0 Å². The first-order valence-electron chi connectivity index (χ1n) is 6.10. The van der Waals surface area contributed by atoms with Crippen LogP contribution in [-0.4, -0.2) is 26.4 Å². The number of rotatable bonds is 4. The molecule has 1 aliphatic rings. The molecule has 2 rings (SSSR count). The van der Waals surface area contributed by atoms with E-state index in [0.717, 1.165) is 36.5 Å². The van der Waals surface area contributed by atoms with Gasteiger partial charge in [0, 0.05) is 6.61 Å². The molecular formula is C14H19BrO3. The van der Waals surface area contributed by atoms with Crippen molar-refractivity contribution in [2.24, 2.45) is 0 Å². The van der Waals surface area contributed by atoms with Crippen LogP contribution in [0.1, 0.15) is 30.2 Å². The van der Waals surface area contributed by atoms with Crippen LogP contribution >= 0.6 is 15.9 Å². The Labute approximate surface area is 117 Å². The molecule has 0 saturated carbocycles. The van der Waals surface area contributed by atoms with Crippen LogP contribution in [0, 0.1) is 0 Å². The molecule has 0 aliphatic carbocycles. The van der Waals surface area contributed by atoms with Gasteiger partial charge in [-0.15, -0.1) is 0 Å². The Bertz CT molecular complexity index is 414. The van der Waals surface area contributed by atoms with Gasteiger partial charge in [0.15, 0.2) is 11.5 Å². The van der Waals surface area contributed by atoms with E-state index in [1.54, 1.807) is 14.2 Å². The van der Waals surface area contributed by atoms with Crippen molar-refractivity contribution in [2.45, 2.75) is 30.2 Å². The SMILES string of the molecule is COc1ccc(C(Br)C2(C)CCCO2)cc1OC. The number of ether oxygens (including phenoxy) is 3. The Balaban J connectivity index is 2.27. The molecule has 4 heteroatoms. The molecule has 0 amide bonds. The average molecular weight is 315 g/mol. The molecule has 0 aromatic heterocycles. The quantitative estimate of drug-likeness (QED) is 0.793. The fraction of sp³-hybridized carbons (Fsp3) is 0.571. The standard InChI is InChI=1S/C14H19BrO3/c1-14(7-4-8-18-14)13(15)10-5-6-11(16-2)12(9-10)17-3/h5-6,9,13H,4,7-8H2,1-3H3. The summed E-state index contributed by atoms with van der Waals surface area (Å²) in [5.41, 5.74) is 1.01. The summed E-state index contributed by atoms with van der Waals surface area (Å²) in [7, 11) is 3.29. The zero-order valence-electron chi connectivity index (χ0n) is 11.0. The molecule has 18 heavy (non-hydrogen) atoms. The molecular weight excluding hydrogens is 296 g/mol. The maximum Gasteiger partial charge on any atom is 0.161 e. The van der Waals surface area contributed by atoms with E-state index >= 15 is 0 Å². The van der Waals surface area contributed by atoms with Gasteiger partial charge in [-0.05, 0) is 37.5 Å². The number of alkyl halides is 1. The lowest BCUT2D eigenvalue weighted by Crippen LogP contribution is -2.28. The summed E-state index contributed by atoms with van der Waals surface area (Å²) in [5, 5.41) is 0. The van der Waals surface area contributed by atoms with Crippen LogP contribution in [0.4, 0.5) is 0 Å². The Hall–Kier alpha value is -0.740. The number of benzene rings is 1. The van der Waals surface area contributed by atoms with Gasteiger partial charge in [-0.25, -0.2) is 0 Å². The van der Waals surface area contributed by atoms with E-state index in [-0.39, 0.29) is 10.4 Å². The van der Waals surface area contributed by atoms with Gasteiger partial charge in [0.25, 0.3) is 0 Å². The molecule has 100 valence electrons. The van der Waals surface area contributed by atoms with Gasteiger partial charge in [-0.3, -0.25) is 0 Å². The van der Waals surface area contributed by atoms with Gasteiger partial charge < -0.3 is 14.2 Å². The Kier molecular flexibility index (Phi) is 4.17. The lowest BCUT2D eigenvalue weighted by atomic mass is 9.93. The maximum atomic E-state index is 5.87. The molecule has 1 fully saturated rings. The first kappa shape index (κ1) is 13.7. The van der Waals surface area contributed by atoms with Gasteiger partial charge in [-0.1, -0.05) is 22.0 Å². The summed E-state index contributed by atoms with van der Waals surface area (Å²) in [6, 6.07) is 5.99. The Morgan fingerprint density at radius 2 is 2.00 bits per heavy atom. The third-order valence-corrected chi connectivity index (χ3v) is 4.98. The first-order valence-corrected chi connectivity index (χ1v) is 7.02. The van der Waals surface area contributed by atoms with E-state index < -0.39 is 0 Å². The van der Waals surface area contributed by atoms with Crippen molar-refractivity contribution in [1.82, 2.24) is 0 Å². The third kappa shape index (κ3) is 2.50. The van der Waals surface area contributed by atoms with E-state index in [0.29, 0.717) is 0 Å². The highest BCUT2D eigenvalue weighted by Gasteiger charge is 2.38. The molecule has 2 unspecified atom stereocenters. The summed E-state index contributed by atoms with van der Waals surface area (Å²) in [5.74, 6) is 1.50. The van der Waals surface area contributed by atoms with Gasteiger partial charge in [0.1, 0.15) is 0 Å². The van der Waals surface area contributed by atoms with E-state index in [1.807, 2.05) is 18.2 Å². The zero-order valence-corrected chi connectivity index (χ0v) is 12.6. The number of hydrogen-bond acceptors (Lipinski definition) is 3. The summed E-state index contributed by atoms with van der Waals surface area (Å²) in [6.45, 7) is 2.99. The van der Waals surface area contributed by atoms with Crippen molar-refractivity contribution in [3.05, 3.63) is 23.8 Å². The fourth-order valence-corrected chi connectivity index (χ4v) is 3.01. The lowest BCUT2D eigenvalue weighted by molar-refractivity contribution is 0.0197. The van der Waals surface area contributed by atoms with Crippen LogP contribution in [-0.2, 0) is 4.74 Å². The molecule has 1 aromatic carbocycles. The normalized spacial score (nSPS) is 24.9. The van der Waals surface area contributed by atoms with Gasteiger partial charge >= 0.3 is 0 Å². The molecule has 2 atom stereocenters. The predicted molar refractivity (Wildman–Crippen MR) is 74.8 cm³/mol. The highest BCUT2D eigenvalue weighted by Crippen LogP contribution is 2.44. The van der Waals surface area contributed by atoms with Crippen molar-refractivity contribution >= 4 is 15.9 Å². The minimum Gasteiger partial charge on any atom is -0.493 e. The van der Waals surface area contributed by atoms with E-state index in [4.69, 9.17) is 14.2 Å². The topological polar surface area (TPSA) is 27.7 Å². The summed E-state index contributed by atoms with van der Waals surface area (Å²) < 4.78 is 16.5. The maximum absolute atomic E-state index is 5.87. The summed E-state index contributed by atoms with van der Waals surface area (Å²) in [6.07, 6.45) is 2.18. The third-order valence-electron chi connectivity index (χ3n) is 3.49. The average Bonchev–Trinajstić information content (AvgIpc) is 2.85. The van der Waals surface area contributed by atoms with Crippen LogP contribution in [0.3, 0.4) is 0 Å². The Morgan fingerprint density at radius 1 is 1.28 bits per heavy atom. The second-order valence-electron chi connectivity index (χ2n) is 4.74. The van der Waals surface area contributed by atoms with Crippen LogP contribution in [0.15, 0.2) is 18.2 Å². The van der Waals surface area contributed by atoms with Crippen LogP contribution in [0.5, 0.6) is 11.5 Å². The molecule has 1 aliphatic heterocycles. The van der Waals surface area contributed by atoms with Crippen molar-refractivity contribution in [3.63, 3.8) is 0 Å². The molecule has 3 nitrogen and oxygen atoms in total. The van der Waals surface area contributed by atoms with Crippen molar-refractivity contribution < 1.29 is 14.2 Å². The van der Waals surface area contributed by atoms with E-state index in [9.17, 15) is 0 Å². The lowest BCUT2D eigenvalue weighted by Gasteiger charge is -2.29. The molecule has 0 bridgehead atoms. The molecule has 0 spiro atoms. The molecule has 0 radical (unpaired) electrons. The minimum atomic E-state index is -0.139. The van der Waals surface area contributed by atoms with Gasteiger partial charge in [0.05, 0.1) is 24.6 Å². The van der Waals surface area contributed by atoms with Crippen LogP contribution in [0.2, 0.25) is 0 Å². The largest absolute Gasteiger partial charge is 0.493 e. The van der Waals surface area contributed by atoms with Crippen LogP contribution in [0.25, 0.3) is 0 Å². The number of methoxy groups -OCH3 is 2. The van der Waals surface area contributed by atoms with Crippen molar-refractivity contribution in [2.75, 3.05) is 20.8 Å². The van der Waals surface area contributed by atoms with E-state index in [2.05, 4.69) is 22.9 Å². The second kappa shape index (κ2) is 5.49. The second-order valence-corrected chi connectivity index (χ2v) is 5.66. The molecule has 1 aromatic rings. The van der Waals surface area contributed by atoms with Crippen molar-refractivity contribution in [1.29, 1.82) is 0 Å².